The molecule has 1 amide bonds. The summed E-state index contributed by atoms with van der Waals surface area (Å²) in [6.45, 7) is 2.03. The Bertz CT molecular complexity index is 890. The van der Waals surface area contributed by atoms with Crippen molar-refractivity contribution in [1.29, 1.82) is 0 Å². The predicted octanol–water partition coefficient (Wildman–Crippen LogP) is 3.34. The SMILES string of the molecule is COc1ccccc1CC(C)N(C)C(=O)c1cccc2nccnc12. The van der Waals surface area contributed by atoms with Crippen molar-refractivity contribution in [2.45, 2.75) is 19.4 Å². The number of hydrogen-bond donors (Lipinski definition) is 0. The van der Waals surface area contributed by atoms with E-state index >= 15 is 0 Å². The lowest BCUT2D eigenvalue weighted by Crippen LogP contribution is -2.36. The molecule has 0 spiro atoms. The molecule has 1 atom stereocenters. The van der Waals surface area contributed by atoms with Crippen LogP contribution in [0.3, 0.4) is 0 Å². The third-order valence-electron chi connectivity index (χ3n) is 4.42. The summed E-state index contributed by atoms with van der Waals surface area (Å²) in [6, 6.07) is 13.4. The quantitative estimate of drug-likeness (QED) is 0.717. The summed E-state index contributed by atoms with van der Waals surface area (Å²) in [7, 11) is 3.48. The smallest absolute Gasteiger partial charge is 0.256 e. The highest BCUT2D eigenvalue weighted by atomic mass is 16.5. The number of rotatable bonds is 5. The summed E-state index contributed by atoms with van der Waals surface area (Å²) in [5, 5.41) is 0. The van der Waals surface area contributed by atoms with Gasteiger partial charge in [0.05, 0.1) is 18.2 Å². The van der Waals surface area contributed by atoms with Gasteiger partial charge in [-0.25, -0.2) is 0 Å². The highest BCUT2D eigenvalue weighted by Crippen LogP contribution is 2.22. The molecule has 0 aliphatic carbocycles. The first-order valence-corrected chi connectivity index (χ1v) is 8.20. The minimum absolute atomic E-state index is 0.00993. The molecule has 5 heteroatoms. The molecule has 5 nitrogen and oxygen atoms in total. The number of para-hydroxylation sites is 2. The monoisotopic (exact) mass is 335 g/mol. The highest BCUT2D eigenvalue weighted by molar-refractivity contribution is 6.04. The van der Waals surface area contributed by atoms with Gasteiger partial charge in [-0.2, -0.15) is 0 Å². The fraction of sp³-hybridized carbons (Fsp3) is 0.250. The van der Waals surface area contributed by atoms with E-state index in [4.69, 9.17) is 4.74 Å². The lowest BCUT2D eigenvalue weighted by Gasteiger charge is -2.26. The number of ether oxygens (including phenoxy) is 1. The molecular weight excluding hydrogens is 314 g/mol. The Morgan fingerprint density at radius 1 is 1.12 bits per heavy atom. The molecule has 1 aromatic heterocycles. The van der Waals surface area contributed by atoms with Crippen LogP contribution in [0.1, 0.15) is 22.8 Å². The maximum absolute atomic E-state index is 13.0. The zero-order chi connectivity index (χ0) is 17.8. The molecule has 0 aliphatic rings. The fourth-order valence-corrected chi connectivity index (χ4v) is 2.88. The number of likely N-dealkylation sites (N-methyl/N-ethyl adjacent to an activating group) is 1. The number of hydrogen-bond acceptors (Lipinski definition) is 4. The van der Waals surface area contributed by atoms with Gasteiger partial charge >= 0.3 is 0 Å². The Morgan fingerprint density at radius 3 is 2.68 bits per heavy atom. The second-order valence-electron chi connectivity index (χ2n) is 6.01. The highest BCUT2D eigenvalue weighted by Gasteiger charge is 2.21. The van der Waals surface area contributed by atoms with E-state index < -0.39 is 0 Å². The Kier molecular flexibility index (Phi) is 4.93. The van der Waals surface area contributed by atoms with Crippen LogP contribution >= 0.6 is 0 Å². The molecule has 0 saturated carbocycles. The van der Waals surface area contributed by atoms with E-state index in [2.05, 4.69) is 9.97 Å². The van der Waals surface area contributed by atoms with Gasteiger partial charge in [-0.1, -0.05) is 24.3 Å². The standard InChI is InChI=1S/C20H21N3O2/c1-14(13-15-7-4-5-10-18(15)25-3)23(2)20(24)16-8-6-9-17-19(16)22-12-11-21-17/h4-12,14H,13H2,1-3H3. The average molecular weight is 335 g/mol. The number of aromatic nitrogens is 2. The Labute approximate surface area is 147 Å². The molecule has 1 heterocycles. The number of fused-ring (bicyclic) bond motifs is 1. The van der Waals surface area contributed by atoms with Crippen LogP contribution in [0.15, 0.2) is 54.9 Å². The largest absolute Gasteiger partial charge is 0.496 e. The van der Waals surface area contributed by atoms with Crippen LogP contribution < -0.4 is 4.74 Å². The van der Waals surface area contributed by atoms with E-state index in [0.717, 1.165) is 16.8 Å². The maximum atomic E-state index is 13.0. The molecule has 0 N–H and O–H groups in total. The molecule has 0 radical (unpaired) electrons. The molecule has 0 fully saturated rings. The molecule has 0 aliphatic heterocycles. The van der Waals surface area contributed by atoms with Crippen LogP contribution in [0.2, 0.25) is 0 Å². The molecule has 2 aromatic carbocycles. The summed E-state index contributed by atoms with van der Waals surface area (Å²) >= 11 is 0. The molecular formula is C20H21N3O2. The van der Waals surface area contributed by atoms with Gasteiger partial charge in [-0.05, 0) is 37.1 Å². The van der Waals surface area contributed by atoms with Gasteiger partial charge in [0.15, 0.2) is 0 Å². The summed E-state index contributed by atoms with van der Waals surface area (Å²) in [6.07, 6.45) is 3.95. The van der Waals surface area contributed by atoms with Crippen molar-refractivity contribution in [2.75, 3.05) is 14.2 Å². The molecule has 0 bridgehead atoms. The number of benzene rings is 2. The van der Waals surface area contributed by atoms with Crippen molar-refractivity contribution < 1.29 is 9.53 Å². The predicted molar refractivity (Wildman–Crippen MR) is 97.8 cm³/mol. The number of amides is 1. The summed E-state index contributed by atoms with van der Waals surface area (Å²) < 4.78 is 5.41. The lowest BCUT2D eigenvalue weighted by molar-refractivity contribution is 0.0744. The van der Waals surface area contributed by atoms with Gasteiger partial charge in [0.1, 0.15) is 11.3 Å². The van der Waals surface area contributed by atoms with E-state index in [1.54, 1.807) is 30.5 Å². The average Bonchev–Trinajstić information content (AvgIpc) is 2.66. The minimum atomic E-state index is -0.0616. The maximum Gasteiger partial charge on any atom is 0.256 e. The first-order valence-electron chi connectivity index (χ1n) is 8.20. The van der Waals surface area contributed by atoms with Gasteiger partial charge < -0.3 is 9.64 Å². The Hall–Kier alpha value is -2.95. The van der Waals surface area contributed by atoms with E-state index in [1.807, 2.05) is 50.4 Å². The zero-order valence-electron chi connectivity index (χ0n) is 14.6. The summed E-state index contributed by atoms with van der Waals surface area (Å²) in [5.74, 6) is 0.778. The fourth-order valence-electron chi connectivity index (χ4n) is 2.88. The second-order valence-corrected chi connectivity index (χ2v) is 6.01. The summed E-state index contributed by atoms with van der Waals surface area (Å²) in [5.41, 5.74) is 3.00. The van der Waals surface area contributed by atoms with Crippen molar-refractivity contribution in [3.8, 4) is 5.75 Å². The number of nitrogens with zero attached hydrogens (tertiary/aromatic N) is 3. The van der Waals surface area contributed by atoms with Crippen molar-refractivity contribution >= 4 is 16.9 Å². The molecule has 0 saturated heterocycles. The topological polar surface area (TPSA) is 55.3 Å². The third kappa shape index (κ3) is 3.45. The molecule has 25 heavy (non-hydrogen) atoms. The number of carbonyl (C=O) groups excluding carboxylic acids is 1. The third-order valence-corrected chi connectivity index (χ3v) is 4.42. The van der Waals surface area contributed by atoms with Gasteiger partial charge in [0.25, 0.3) is 5.91 Å². The van der Waals surface area contributed by atoms with E-state index in [-0.39, 0.29) is 11.9 Å². The van der Waals surface area contributed by atoms with Gasteiger partial charge in [0.2, 0.25) is 0 Å². The van der Waals surface area contributed by atoms with Gasteiger partial charge in [-0.3, -0.25) is 14.8 Å². The van der Waals surface area contributed by atoms with Crippen molar-refractivity contribution in [3.63, 3.8) is 0 Å². The van der Waals surface area contributed by atoms with E-state index in [1.165, 1.54) is 0 Å². The van der Waals surface area contributed by atoms with Crippen LogP contribution in [-0.2, 0) is 6.42 Å². The Balaban J connectivity index is 1.84. The van der Waals surface area contributed by atoms with Crippen molar-refractivity contribution in [2.24, 2.45) is 0 Å². The molecule has 3 rings (SSSR count). The molecule has 128 valence electrons. The van der Waals surface area contributed by atoms with Crippen molar-refractivity contribution in [1.82, 2.24) is 14.9 Å². The van der Waals surface area contributed by atoms with Crippen LogP contribution in [-0.4, -0.2) is 41.0 Å². The van der Waals surface area contributed by atoms with E-state index in [0.29, 0.717) is 17.5 Å². The van der Waals surface area contributed by atoms with E-state index in [9.17, 15) is 4.79 Å². The molecule has 3 aromatic rings. The van der Waals surface area contributed by atoms with Gasteiger partial charge in [0, 0.05) is 25.5 Å². The number of methoxy groups -OCH3 is 1. The van der Waals surface area contributed by atoms with Crippen LogP contribution in [0, 0.1) is 0 Å². The van der Waals surface area contributed by atoms with Crippen LogP contribution in [0.25, 0.3) is 11.0 Å². The van der Waals surface area contributed by atoms with Crippen molar-refractivity contribution in [3.05, 3.63) is 66.0 Å². The normalized spacial score (nSPS) is 12.0. The van der Waals surface area contributed by atoms with Crippen LogP contribution in [0.5, 0.6) is 5.75 Å². The first kappa shape index (κ1) is 16.9. The Morgan fingerprint density at radius 2 is 1.88 bits per heavy atom. The first-order chi connectivity index (χ1) is 12.1. The van der Waals surface area contributed by atoms with Crippen LogP contribution in [0.4, 0.5) is 0 Å². The summed E-state index contributed by atoms with van der Waals surface area (Å²) in [4.78, 5) is 23.3. The lowest BCUT2D eigenvalue weighted by atomic mass is 10.0. The van der Waals surface area contributed by atoms with Gasteiger partial charge in [-0.15, -0.1) is 0 Å². The molecule has 1 unspecified atom stereocenters. The zero-order valence-corrected chi connectivity index (χ0v) is 14.6. The number of carbonyl (C=O) groups is 1. The minimum Gasteiger partial charge on any atom is -0.496 e. The second kappa shape index (κ2) is 7.30.